The normalized spacial score (nSPS) is 10.5. The highest BCUT2D eigenvalue weighted by Crippen LogP contribution is 2.27. The maximum atomic E-state index is 13.0. The van der Waals surface area contributed by atoms with E-state index in [9.17, 15) is 4.79 Å². The summed E-state index contributed by atoms with van der Waals surface area (Å²) in [5.41, 5.74) is 2.82. The average Bonchev–Trinajstić information content (AvgIpc) is 2.59. The van der Waals surface area contributed by atoms with Gasteiger partial charge in [0.15, 0.2) is 0 Å². The number of hydrogen-bond acceptors (Lipinski definition) is 1. The second kappa shape index (κ2) is 7.42. The van der Waals surface area contributed by atoms with E-state index in [0.717, 1.165) is 20.4 Å². The van der Waals surface area contributed by atoms with E-state index in [1.54, 1.807) is 0 Å². The smallest absolute Gasteiger partial charge is 0.236 e. The van der Waals surface area contributed by atoms with Crippen LogP contribution in [0.3, 0.4) is 0 Å². The lowest BCUT2D eigenvalue weighted by Gasteiger charge is -2.18. The number of carbonyl (C=O) groups excluding carboxylic acids is 1. The molecule has 114 valence electrons. The summed E-state index contributed by atoms with van der Waals surface area (Å²) < 4.78 is 1.03. The van der Waals surface area contributed by atoms with Crippen LogP contribution in [0.2, 0.25) is 0 Å². The van der Waals surface area contributed by atoms with Gasteiger partial charge in [0.1, 0.15) is 0 Å². The van der Waals surface area contributed by atoms with E-state index in [4.69, 9.17) is 0 Å². The minimum absolute atomic E-state index is 0.0217. The van der Waals surface area contributed by atoms with Crippen LogP contribution in [0.5, 0.6) is 0 Å². The van der Waals surface area contributed by atoms with Gasteiger partial charge in [0.05, 0.1) is 11.6 Å². The minimum Gasteiger partial charge on any atom is -0.324 e. The van der Waals surface area contributed by atoms with Crippen LogP contribution in [-0.4, -0.2) is 5.91 Å². The van der Waals surface area contributed by atoms with Crippen molar-refractivity contribution < 1.29 is 4.79 Å². The van der Waals surface area contributed by atoms with E-state index in [0.29, 0.717) is 0 Å². The van der Waals surface area contributed by atoms with Gasteiger partial charge in [-0.3, -0.25) is 4.79 Å². The highest BCUT2D eigenvalue weighted by atomic mass is 127. The highest BCUT2D eigenvalue weighted by molar-refractivity contribution is 14.1. The summed E-state index contributed by atoms with van der Waals surface area (Å²) in [6.45, 7) is 0. The maximum absolute atomic E-state index is 13.0. The van der Waals surface area contributed by atoms with Crippen molar-refractivity contribution in [3.8, 4) is 0 Å². The fourth-order valence-electron chi connectivity index (χ4n) is 2.55. The Kier molecular flexibility index (Phi) is 5.08. The quantitative estimate of drug-likeness (QED) is 0.596. The monoisotopic (exact) mass is 413 g/mol. The topological polar surface area (TPSA) is 29.1 Å². The molecule has 0 aliphatic heterocycles. The molecule has 0 saturated carbocycles. The van der Waals surface area contributed by atoms with Gasteiger partial charge in [0.25, 0.3) is 0 Å². The summed E-state index contributed by atoms with van der Waals surface area (Å²) >= 11 is 2.23. The molecule has 23 heavy (non-hydrogen) atoms. The molecule has 3 aromatic rings. The first kappa shape index (κ1) is 15.7. The number of rotatable bonds is 4. The lowest BCUT2D eigenvalue weighted by Crippen LogP contribution is -2.22. The van der Waals surface area contributed by atoms with Gasteiger partial charge in [-0.15, -0.1) is 0 Å². The van der Waals surface area contributed by atoms with Gasteiger partial charge in [0, 0.05) is 3.57 Å². The molecule has 0 bridgehead atoms. The van der Waals surface area contributed by atoms with Gasteiger partial charge >= 0.3 is 0 Å². The van der Waals surface area contributed by atoms with Gasteiger partial charge in [-0.1, -0.05) is 72.8 Å². The number of para-hydroxylation sites is 1. The summed E-state index contributed by atoms with van der Waals surface area (Å²) in [6.07, 6.45) is 0. The van der Waals surface area contributed by atoms with Crippen LogP contribution in [-0.2, 0) is 4.79 Å². The number of nitrogens with one attached hydrogen (secondary N) is 1. The number of halogens is 1. The zero-order chi connectivity index (χ0) is 16.1. The van der Waals surface area contributed by atoms with E-state index < -0.39 is 0 Å². The molecule has 0 saturated heterocycles. The zero-order valence-corrected chi connectivity index (χ0v) is 14.6. The number of hydrogen-bond donors (Lipinski definition) is 1. The second-order valence-corrected chi connectivity index (χ2v) is 6.39. The van der Waals surface area contributed by atoms with E-state index in [1.165, 1.54) is 0 Å². The van der Waals surface area contributed by atoms with Crippen molar-refractivity contribution in [3.05, 3.63) is 99.6 Å². The van der Waals surface area contributed by atoms with E-state index in [-0.39, 0.29) is 11.8 Å². The lowest BCUT2D eigenvalue weighted by atomic mass is 9.90. The largest absolute Gasteiger partial charge is 0.324 e. The highest BCUT2D eigenvalue weighted by Gasteiger charge is 2.22. The molecule has 0 spiro atoms. The molecule has 3 heteroatoms. The minimum atomic E-state index is -0.326. The Hall–Kier alpha value is -2.14. The van der Waals surface area contributed by atoms with Crippen LogP contribution < -0.4 is 5.32 Å². The molecular weight excluding hydrogens is 397 g/mol. The zero-order valence-electron chi connectivity index (χ0n) is 12.4. The van der Waals surface area contributed by atoms with Crippen molar-refractivity contribution in [3.63, 3.8) is 0 Å². The molecule has 1 amide bonds. The van der Waals surface area contributed by atoms with Crippen molar-refractivity contribution in [1.82, 2.24) is 0 Å². The molecule has 1 N–H and O–H groups in total. The standard InChI is InChI=1S/C20H16INO/c21-17-13-7-8-14-18(17)22-20(23)19(15-9-3-1-4-10-15)16-11-5-2-6-12-16/h1-14,19H,(H,22,23). The van der Waals surface area contributed by atoms with Crippen molar-refractivity contribution in [2.75, 3.05) is 5.32 Å². The molecule has 0 radical (unpaired) electrons. The number of carbonyl (C=O) groups is 1. The first-order chi connectivity index (χ1) is 11.3. The van der Waals surface area contributed by atoms with Gasteiger partial charge in [-0.25, -0.2) is 0 Å². The molecular formula is C20H16INO. The molecule has 3 rings (SSSR count). The summed E-state index contributed by atoms with van der Waals surface area (Å²) in [5.74, 6) is -0.347. The molecule has 0 aliphatic rings. The fourth-order valence-corrected chi connectivity index (χ4v) is 3.08. The Balaban J connectivity index is 1.96. The van der Waals surface area contributed by atoms with Crippen LogP contribution in [0.25, 0.3) is 0 Å². The van der Waals surface area contributed by atoms with Gasteiger partial charge in [-0.05, 0) is 45.9 Å². The summed E-state index contributed by atoms with van der Waals surface area (Å²) in [5, 5.41) is 3.06. The van der Waals surface area contributed by atoms with Crippen molar-refractivity contribution >= 4 is 34.2 Å². The van der Waals surface area contributed by atoms with E-state index in [2.05, 4.69) is 27.9 Å². The van der Waals surface area contributed by atoms with Crippen LogP contribution >= 0.6 is 22.6 Å². The molecule has 0 aliphatic carbocycles. The van der Waals surface area contributed by atoms with Crippen LogP contribution in [0, 0.1) is 3.57 Å². The summed E-state index contributed by atoms with van der Waals surface area (Å²) in [7, 11) is 0. The van der Waals surface area contributed by atoms with Crippen LogP contribution in [0.1, 0.15) is 17.0 Å². The molecule has 0 aromatic heterocycles. The predicted octanol–water partition coefficient (Wildman–Crippen LogP) is 5.06. The van der Waals surface area contributed by atoms with Crippen molar-refractivity contribution in [1.29, 1.82) is 0 Å². The molecule has 2 nitrogen and oxygen atoms in total. The number of anilines is 1. The average molecular weight is 413 g/mol. The lowest BCUT2D eigenvalue weighted by molar-refractivity contribution is -0.116. The van der Waals surface area contributed by atoms with Crippen molar-refractivity contribution in [2.45, 2.75) is 5.92 Å². The Morgan fingerprint density at radius 2 is 1.22 bits per heavy atom. The first-order valence-electron chi connectivity index (χ1n) is 7.41. The number of benzene rings is 3. The third kappa shape index (κ3) is 3.79. The Bertz CT molecular complexity index is 748. The first-order valence-corrected chi connectivity index (χ1v) is 8.49. The Morgan fingerprint density at radius 3 is 1.74 bits per heavy atom. The summed E-state index contributed by atoms with van der Waals surface area (Å²) in [4.78, 5) is 13.0. The van der Waals surface area contributed by atoms with E-state index >= 15 is 0 Å². The van der Waals surface area contributed by atoms with Gasteiger partial charge < -0.3 is 5.32 Å². The van der Waals surface area contributed by atoms with Crippen LogP contribution in [0.15, 0.2) is 84.9 Å². The van der Waals surface area contributed by atoms with Crippen molar-refractivity contribution in [2.24, 2.45) is 0 Å². The second-order valence-electron chi connectivity index (χ2n) is 5.22. The van der Waals surface area contributed by atoms with Gasteiger partial charge in [-0.2, -0.15) is 0 Å². The Morgan fingerprint density at radius 1 is 0.739 bits per heavy atom. The fraction of sp³-hybridized carbons (Fsp3) is 0.0500. The SMILES string of the molecule is O=C(Nc1ccccc1I)C(c1ccccc1)c1ccccc1. The third-order valence-corrected chi connectivity index (χ3v) is 4.60. The molecule has 0 heterocycles. The number of amides is 1. The van der Waals surface area contributed by atoms with Crippen LogP contribution in [0.4, 0.5) is 5.69 Å². The molecule has 3 aromatic carbocycles. The molecule has 0 fully saturated rings. The molecule has 0 unspecified atom stereocenters. The Labute approximate surface area is 149 Å². The third-order valence-electron chi connectivity index (χ3n) is 3.66. The van der Waals surface area contributed by atoms with Gasteiger partial charge in [0.2, 0.25) is 5.91 Å². The molecule has 0 atom stereocenters. The van der Waals surface area contributed by atoms with E-state index in [1.807, 2.05) is 84.9 Å². The predicted molar refractivity (Wildman–Crippen MR) is 103 cm³/mol. The maximum Gasteiger partial charge on any atom is 0.236 e. The summed E-state index contributed by atoms with van der Waals surface area (Å²) in [6, 6.07) is 27.5.